The summed E-state index contributed by atoms with van der Waals surface area (Å²) in [5.74, 6) is 0. The fourth-order valence-corrected chi connectivity index (χ4v) is 3.80. The van der Waals surface area contributed by atoms with Crippen molar-refractivity contribution in [3.8, 4) is 22.5 Å². The standard InChI is InChI=1S/C28H21N3.Pt/c1-2-12-22(13-3-1)31(27-18-6-4-14-23(27)25-16-8-10-20-29-25)28-19-7-5-15-24(28)26-17-9-11-21-30-26;/h1-21H;/q;+2. The smallest absolute Gasteiger partial charge is 0.309 e. The van der Waals surface area contributed by atoms with Crippen molar-refractivity contribution >= 4 is 17.1 Å². The Morgan fingerprint density at radius 2 is 0.875 bits per heavy atom. The topological polar surface area (TPSA) is 29.0 Å². The van der Waals surface area contributed by atoms with Gasteiger partial charge in [-0.15, -0.1) is 0 Å². The summed E-state index contributed by atoms with van der Waals surface area (Å²) >= 11 is 0. The van der Waals surface area contributed by atoms with E-state index in [9.17, 15) is 0 Å². The summed E-state index contributed by atoms with van der Waals surface area (Å²) in [6, 6.07) is 39.2. The molecule has 0 aliphatic rings. The zero-order valence-electron chi connectivity index (χ0n) is 17.3. The predicted octanol–water partition coefficient (Wildman–Crippen LogP) is 7.28. The summed E-state index contributed by atoms with van der Waals surface area (Å²) in [5, 5.41) is 0. The maximum absolute atomic E-state index is 4.62. The van der Waals surface area contributed by atoms with Gasteiger partial charge < -0.3 is 4.90 Å². The molecule has 0 saturated carbocycles. The molecular weight excluding hydrogens is 573 g/mol. The molecule has 0 bridgehead atoms. The Morgan fingerprint density at radius 1 is 0.438 bits per heavy atom. The Balaban J connectivity index is 0.00000245. The van der Waals surface area contributed by atoms with Crippen LogP contribution >= 0.6 is 0 Å². The zero-order valence-corrected chi connectivity index (χ0v) is 19.6. The van der Waals surface area contributed by atoms with Gasteiger partial charge >= 0.3 is 21.1 Å². The maximum Gasteiger partial charge on any atom is 2.00 e. The van der Waals surface area contributed by atoms with Crippen LogP contribution in [0.2, 0.25) is 0 Å². The zero-order chi connectivity index (χ0) is 20.9. The average molecular weight is 595 g/mol. The maximum atomic E-state index is 4.62. The third-order valence-electron chi connectivity index (χ3n) is 5.19. The van der Waals surface area contributed by atoms with Gasteiger partial charge in [-0.3, -0.25) is 9.97 Å². The Morgan fingerprint density at radius 3 is 1.34 bits per heavy atom. The number of hydrogen-bond donors (Lipinski definition) is 0. The number of aromatic nitrogens is 2. The summed E-state index contributed by atoms with van der Waals surface area (Å²) in [5.41, 5.74) is 7.23. The molecule has 3 aromatic carbocycles. The van der Waals surface area contributed by atoms with Crippen molar-refractivity contribution in [3.63, 3.8) is 0 Å². The molecule has 0 N–H and O–H groups in total. The van der Waals surface area contributed by atoms with Crippen molar-refractivity contribution < 1.29 is 21.1 Å². The molecule has 0 radical (unpaired) electrons. The Labute approximate surface area is 202 Å². The van der Waals surface area contributed by atoms with Gasteiger partial charge in [0.25, 0.3) is 0 Å². The van der Waals surface area contributed by atoms with E-state index in [1.165, 1.54) is 0 Å². The van der Waals surface area contributed by atoms with Gasteiger partial charge in [0.15, 0.2) is 0 Å². The van der Waals surface area contributed by atoms with Crippen LogP contribution in [-0.4, -0.2) is 9.97 Å². The van der Waals surface area contributed by atoms with Crippen molar-refractivity contribution in [2.24, 2.45) is 0 Å². The molecule has 4 heteroatoms. The number of rotatable bonds is 5. The normalized spacial score (nSPS) is 10.2. The number of anilines is 3. The number of para-hydroxylation sites is 3. The van der Waals surface area contributed by atoms with Crippen LogP contribution in [0.1, 0.15) is 0 Å². The van der Waals surface area contributed by atoms with E-state index in [1.54, 1.807) is 0 Å². The first-order valence-electron chi connectivity index (χ1n) is 10.3. The van der Waals surface area contributed by atoms with Gasteiger partial charge in [-0.1, -0.05) is 66.7 Å². The predicted molar refractivity (Wildman–Crippen MR) is 128 cm³/mol. The van der Waals surface area contributed by atoms with E-state index in [0.717, 1.165) is 39.6 Å². The molecule has 2 aromatic heterocycles. The van der Waals surface area contributed by atoms with Crippen LogP contribution in [-0.2, 0) is 21.1 Å². The van der Waals surface area contributed by atoms with E-state index in [2.05, 4.69) is 87.7 Å². The van der Waals surface area contributed by atoms with Crippen LogP contribution in [0.3, 0.4) is 0 Å². The van der Waals surface area contributed by atoms with Gasteiger partial charge in [-0.25, -0.2) is 0 Å². The van der Waals surface area contributed by atoms with Crippen molar-refractivity contribution in [2.45, 2.75) is 0 Å². The van der Waals surface area contributed by atoms with Gasteiger partial charge in [0.1, 0.15) is 0 Å². The van der Waals surface area contributed by atoms with E-state index in [0.29, 0.717) is 0 Å². The van der Waals surface area contributed by atoms with Crippen LogP contribution in [0.25, 0.3) is 22.5 Å². The molecule has 0 saturated heterocycles. The largest absolute Gasteiger partial charge is 2.00 e. The van der Waals surface area contributed by atoms with E-state index in [4.69, 9.17) is 0 Å². The van der Waals surface area contributed by atoms with E-state index in [1.807, 2.05) is 54.9 Å². The summed E-state index contributed by atoms with van der Waals surface area (Å²) < 4.78 is 0. The molecule has 0 fully saturated rings. The SMILES string of the molecule is [Pt+2].c1ccc(N(c2ccccc2-c2ccccn2)c2ccccc2-c2ccccn2)cc1. The van der Waals surface area contributed by atoms with Gasteiger partial charge in [0.2, 0.25) is 0 Å². The van der Waals surface area contributed by atoms with Gasteiger partial charge in [0.05, 0.1) is 22.8 Å². The van der Waals surface area contributed by atoms with Crippen LogP contribution < -0.4 is 4.90 Å². The molecule has 0 atom stereocenters. The molecule has 32 heavy (non-hydrogen) atoms. The van der Waals surface area contributed by atoms with Crippen LogP contribution in [0.4, 0.5) is 17.1 Å². The van der Waals surface area contributed by atoms with Crippen molar-refractivity contribution in [1.29, 1.82) is 0 Å². The second-order valence-electron chi connectivity index (χ2n) is 7.14. The van der Waals surface area contributed by atoms with Crippen LogP contribution in [0, 0.1) is 0 Å². The minimum Gasteiger partial charge on any atom is -0.309 e. The average Bonchev–Trinajstić information content (AvgIpc) is 2.87. The molecule has 0 amide bonds. The van der Waals surface area contributed by atoms with Crippen molar-refractivity contribution in [3.05, 3.63) is 128 Å². The molecule has 0 aliphatic carbocycles. The Kier molecular flexibility index (Phi) is 6.89. The molecule has 5 rings (SSSR count). The summed E-state index contributed by atoms with van der Waals surface area (Å²) in [7, 11) is 0. The molecule has 3 nitrogen and oxygen atoms in total. The third kappa shape index (κ3) is 4.39. The van der Waals surface area contributed by atoms with Gasteiger partial charge in [-0.2, -0.15) is 0 Å². The van der Waals surface area contributed by atoms with Crippen molar-refractivity contribution in [1.82, 2.24) is 9.97 Å². The Hall–Kier alpha value is -3.55. The van der Waals surface area contributed by atoms with Gasteiger partial charge in [-0.05, 0) is 48.5 Å². The second kappa shape index (κ2) is 10.2. The fraction of sp³-hybridized carbons (Fsp3) is 0. The first kappa shape index (κ1) is 21.7. The first-order valence-corrected chi connectivity index (χ1v) is 10.3. The molecule has 2 heterocycles. The van der Waals surface area contributed by atoms with Crippen LogP contribution in [0.15, 0.2) is 128 Å². The molecule has 0 unspecified atom stereocenters. The molecular formula is C28H21N3Pt+2. The van der Waals surface area contributed by atoms with E-state index >= 15 is 0 Å². The number of nitrogens with zero attached hydrogens (tertiary/aromatic N) is 3. The second-order valence-corrected chi connectivity index (χ2v) is 7.14. The Bertz CT molecular complexity index is 1190. The number of pyridine rings is 2. The van der Waals surface area contributed by atoms with Crippen molar-refractivity contribution in [2.75, 3.05) is 4.90 Å². The monoisotopic (exact) mass is 594 g/mol. The fourth-order valence-electron chi connectivity index (χ4n) is 3.80. The van der Waals surface area contributed by atoms with E-state index < -0.39 is 0 Å². The first-order chi connectivity index (χ1) is 15.4. The van der Waals surface area contributed by atoms with Crippen LogP contribution in [0.5, 0.6) is 0 Å². The molecule has 0 aliphatic heterocycles. The summed E-state index contributed by atoms with van der Waals surface area (Å²) in [6.45, 7) is 0. The molecule has 156 valence electrons. The minimum absolute atomic E-state index is 0. The quantitative estimate of drug-likeness (QED) is 0.214. The number of hydrogen-bond acceptors (Lipinski definition) is 3. The van der Waals surface area contributed by atoms with E-state index in [-0.39, 0.29) is 21.1 Å². The van der Waals surface area contributed by atoms with Gasteiger partial charge in [0, 0.05) is 29.2 Å². The minimum atomic E-state index is 0. The number of benzene rings is 3. The third-order valence-corrected chi connectivity index (χ3v) is 5.19. The molecule has 0 spiro atoms. The summed E-state index contributed by atoms with van der Waals surface area (Å²) in [6.07, 6.45) is 3.67. The molecule has 5 aromatic rings. The summed E-state index contributed by atoms with van der Waals surface area (Å²) in [4.78, 5) is 11.5.